The number of fused-ring (bicyclic) bond motifs is 4. The normalized spacial score (nSPS) is 47.6. The first-order chi connectivity index (χ1) is 17.1. The van der Waals surface area contributed by atoms with Crippen molar-refractivity contribution in [2.75, 3.05) is 6.61 Å². The fourth-order valence-corrected chi connectivity index (χ4v) is 7.78. The van der Waals surface area contributed by atoms with Crippen molar-refractivity contribution < 1.29 is 58.2 Å². The molecule has 2 saturated carbocycles. The summed E-state index contributed by atoms with van der Waals surface area (Å²) in [7, 11) is 0. The SMILES string of the molecule is CC(=O)O[C@H]1C(=O)[C@@]2(C)C([C@H](O)[C@]34OC(=O)O[C@H]3C(O)C(C)=C1C4(C)C)[C@]1(OC(C)=O)CO[C@@H]1C[C@@H]2O. The second-order valence-corrected chi connectivity index (χ2v) is 11.5. The quantitative estimate of drug-likeness (QED) is 0.250. The standard InChI is InChI=1S/C25H32O12/c1-9-14-16(34-10(2)26)18(30)23(6)12(28)7-13-24(8-33-13,36-11(3)27)17(23)19(31)25(22(14,4)5)20(15(9)29)35-21(32)37-25/h12-13,15-17,19-20,28-29,31H,7-8H2,1-6H3/t12-,13+,15?,16+,17?,19-,20-,23+,24-,25-/m0/s1. The highest BCUT2D eigenvalue weighted by molar-refractivity contribution is 5.95. The lowest BCUT2D eigenvalue weighted by Crippen LogP contribution is -2.82. The van der Waals surface area contributed by atoms with Gasteiger partial charge >= 0.3 is 18.1 Å². The van der Waals surface area contributed by atoms with Gasteiger partial charge in [0.15, 0.2) is 29.2 Å². The number of carbonyl (C=O) groups excluding carboxylic acids is 4. The molecule has 3 N–H and O–H groups in total. The highest BCUT2D eigenvalue weighted by Crippen LogP contribution is 2.65. The lowest BCUT2D eigenvalue weighted by molar-refractivity contribution is -0.346. The number of hydrogen-bond acceptors (Lipinski definition) is 12. The molecule has 204 valence electrons. The summed E-state index contributed by atoms with van der Waals surface area (Å²) < 4.78 is 28.1. The summed E-state index contributed by atoms with van der Waals surface area (Å²) in [5.74, 6) is -3.66. The largest absolute Gasteiger partial charge is 0.509 e. The van der Waals surface area contributed by atoms with E-state index >= 15 is 0 Å². The van der Waals surface area contributed by atoms with Crippen molar-refractivity contribution in [2.24, 2.45) is 16.7 Å². The summed E-state index contributed by atoms with van der Waals surface area (Å²) in [5, 5.41) is 35.0. The van der Waals surface area contributed by atoms with E-state index in [2.05, 4.69) is 0 Å². The smallest absolute Gasteiger partial charge is 0.454 e. The molecule has 5 rings (SSSR count). The van der Waals surface area contributed by atoms with Crippen LogP contribution in [0.3, 0.4) is 0 Å². The van der Waals surface area contributed by atoms with Crippen LogP contribution in [0.1, 0.15) is 48.0 Å². The molecule has 0 aromatic carbocycles. The van der Waals surface area contributed by atoms with Gasteiger partial charge in [-0.1, -0.05) is 13.8 Å². The van der Waals surface area contributed by atoms with Crippen LogP contribution in [0.5, 0.6) is 0 Å². The van der Waals surface area contributed by atoms with Gasteiger partial charge in [0.05, 0.1) is 18.1 Å². The van der Waals surface area contributed by atoms with Gasteiger partial charge in [0.1, 0.15) is 18.3 Å². The average molecular weight is 525 g/mol. The molecule has 0 aromatic rings. The number of Topliss-reactive ketones (excluding diaryl/α,β-unsaturated/α-hetero) is 1. The second kappa shape index (κ2) is 7.75. The van der Waals surface area contributed by atoms with Crippen LogP contribution in [0.25, 0.3) is 0 Å². The summed E-state index contributed by atoms with van der Waals surface area (Å²) in [5.41, 5.74) is -6.57. The van der Waals surface area contributed by atoms with Crippen LogP contribution >= 0.6 is 0 Å². The van der Waals surface area contributed by atoms with Gasteiger partial charge in [-0.2, -0.15) is 0 Å². The van der Waals surface area contributed by atoms with Crippen molar-refractivity contribution in [1.82, 2.24) is 0 Å². The molecule has 0 radical (unpaired) electrons. The Morgan fingerprint density at radius 2 is 1.70 bits per heavy atom. The minimum atomic E-state index is -2.02. The molecule has 0 aromatic heterocycles. The summed E-state index contributed by atoms with van der Waals surface area (Å²) >= 11 is 0. The molecule has 37 heavy (non-hydrogen) atoms. The predicted molar refractivity (Wildman–Crippen MR) is 120 cm³/mol. The zero-order valence-electron chi connectivity index (χ0n) is 21.5. The number of esters is 2. The molecule has 10 atom stereocenters. The van der Waals surface area contributed by atoms with Gasteiger partial charge in [-0.25, -0.2) is 4.79 Å². The van der Waals surface area contributed by atoms with Crippen LogP contribution in [0.4, 0.5) is 4.79 Å². The number of aliphatic hydroxyl groups excluding tert-OH is 3. The first kappa shape index (κ1) is 26.1. The van der Waals surface area contributed by atoms with Gasteiger partial charge in [0.25, 0.3) is 0 Å². The molecule has 2 bridgehead atoms. The Morgan fingerprint density at radius 3 is 2.24 bits per heavy atom. The monoisotopic (exact) mass is 524 g/mol. The number of carbonyl (C=O) groups is 4. The minimum Gasteiger partial charge on any atom is -0.454 e. The third kappa shape index (κ3) is 2.92. The van der Waals surface area contributed by atoms with E-state index in [0.717, 1.165) is 6.92 Å². The second-order valence-electron chi connectivity index (χ2n) is 11.5. The maximum Gasteiger partial charge on any atom is 0.509 e. The summed E-state index contributed by atoms with van der Waals surface area (Å²) in [6.45, 7) is 8.20. The molecule has 12 heteroatoms. The van der Waals surface area contributed by atoms with E-state index in [0.29, 0.717) is 0 Å². The fourth-order valence-electron chi connectivity index (χ4n) is 7.78. The summed E-state index contributed by atoms with van der Waals surface area (Å²) in [4.78, 5) is 51.7. The van der Waals surface area contributed by atoms with Crippen molar-refractivity contribution in [2.45, 2.75) is 95.8 Å². The van der Waals surface area contributed by atoms with Crippen molar-refractivity contribution in [3.05, 3.63) is 11.1 Å². The average Bonchev–Trinajstić information content (AvgIpc) is 3.15. The fraction of sp³-hybridized carbons (Fsp3) is 0.760. The van der Waals surface area contributed by atoms with Gasteiger partial charge in [0.2, 0.25) is 0 Å². The van der Waals surface area contributed by atoms with Gasteiger partial charge in [-0.15, -0.1) is 0 Å². The van der Waals surface area contributed by atoms with Gasteiger partial charge in [-0.05, 0) is 25.0 Å². The molecule has 0 amide bonds. The van der Waals surface area contributed by atoms with Crippen LogP contribution in [0, 0.1) is 16.7 Å². The van der Waals surface area contributed by atoms with Gasteiger partial charge < -0.3 is 39.0 Å². The molecule has 12 nitrogen and oxygen atoms in total. The zero-order chi connectivity index (χ0) is 27.5. The van der Waals surface area contributed by atoms with E-state index in [1.807, 2.05) is 0 Å². The first-order valence-corrected chi connectivity index (χ1v) is 12.2. The van der Waals surface area contributed by atoms with Crippen molar-refractivity contribution in [3.8, 4) is 0 Å². The van der Waals surface area contributed by atoms with Gasteiger partial charge in [0, 0.05) is 31.6 Å². The van der Waals surface area contributed by atoms with E-state index in [4.69, 9.17) is 23.7 Å². The highest BCUT2D eigenvalue weighted by atomic mass is 16.8. The molecule has 5 aliphatic rings. The first-order valence-electron chi connectivity index (χ1n) is 12.2. The van der Waals surface area contributed by atoms with E-state index < -0.39 is 88.5 Å². The van der Waals surface area contributed by atoms with E-state index in [1.165, 1.54) is 20.8 Å². The Morgan fingerprint density at radius 1 is 1.05 bits per heavy atom. The number of rotatable bonds is 2. The number of aliphatic hydroxyl groups is 3. The van der Waals surface area contributed by atoms with Crippen LogP contribution in [0.2, 0.25) is 0 Å². The maximum absolute atomic E-state index is 14.5. The molecular formula is C25H32O12. The predicted octanol–water partition coefficient (Wildman–Crippen LogP) is -0.0591. The maximum atomic E-state index is 14.5. The van der Waals surface area contributed by atoms with Crippen LogP contribution in [0.15, 0.2) is 11.1 Å². The number of ketones is 1. The van der Waals surface area contributed by atoms with Crippen molar-refractivity contribution >= 4 is 23.9 Å². The zero-order valence-corrected chi connectivity index (χ0v) is 21.5. The molecule has 2 heterocycles. The van der Waals surface area contributed by atoms with Crippen molar-refractivity contribution in [3.63, 3.8) is 0 Å². The third-order valence-electron chi connectivity index (χ3n) is 9.46. The third-order valence-corrected chi connectivity index (χ3v) is 9.46. The molecule has 2 aliphatic heterocycles. The topological polar surface area (TPSA) is 175 Å². The number of ether oxygens (including phenoxy) is 5. The highest BCUT2D eigenvalue weighted by Gasteiger charge is 2.81. The molecule has 1 spiro atoms. The molecule has 2 saturated heterocycles. The van der Waals surface area contributed by atoms with Gasteiger partial charge in [-0.3, -0.25) is 14.4 Å². The molecular weight excluding hydrogens is 492 g/mol. The Balaban J connectivity index is 1.87. The van der Waals surface area contributed by atoms with Crippen LogP contribution in [-0.2, 0) is 38.1 Å². The Labute approximate surface area is 212 Å². The van der Waals surface area contributed by atoms with Crippen molar-refractivity contribution in [1.29, 1.82) is 0 Å². The Bertz CT molecular complexity index is 1130. The van der Waals surface area contributed by atoms with E-state index in [9.17, 15) is 34.5 Å². The van der Waals surface area contributed by atoms with E-state index in [-0.39, 0.29) is 24.2 Å². The number of hydrogen-bond donors (Lipinski definition) is 3. The lowest BCUT2D eigenvalue weighted by Gasteiger charge is -2.67. The van der Waals surface area contributed by atoms with E-state index in [1.54, 1.807) is 13.8 Å². The van der Waals surface area contributed by atoms with Crippen LogP contribution < -0.4 is 0 Å². The summed E-state index contributed by atoms with van der Waals surface area (Å²) in [6.07, 6.45) is -9.91. The molecule has 2 unspecified atom stereocenters. The lowest BCUT2D eigenvalue weighted by atomic mass is 9.44. The Kier molecular flexibility index (Phi) is 5.46. The minimum absolute atomic E-state index is 0.109. The molecule has 3 aliphatic carbocycles. The molecule has 4 fully saturated rings. The summed E-state index contributed by atoms with van der Waals surface area (Å²) in [6, 6.07) is 0. The Hall–Kier alpha value is -2.54. The van der Waals surface area contributed by atoms with Crippen LogP contribution in [-0.4, -0.2) is 93.6 Å².